The van der Waals surface area contributed by atoms with Crippen LogP contribution in [0.2, 0.25) is 0 Å². The first kappa shape index (κ1) is 8.62. The second-order valence-electron chi connectivity index (χ2n) is 2.63. The first-order valence-electron chi connectivity index (χ1n) is 3.87. The molecule has 2 aromatic heterocycles. The molecular weight excluding hydrogens is 275 g/mol. The highest BCUT2D eigenvalue weighted by Gasteiger charge is 1.96. The van der Waals surface area contributed by atoms with Crippen LogP contribution in [0.15, 0.2) is 43.0 Å². The van der Waals surface area contributed by atoms with Gasteiger partial charge in [0.25, 0.3) is 0 Å². The van der Waals surface area contributed by atoms with Gasteiger partial charge in [0.05, 0.1) is 0 Å². The third-order valence-corrected chi connectivity index (χ3v) is 2.31. The minimum atomic E-state index is 1.13. The van der Waals surface area contributed by atoms with Crippen LogP contribution >= 0.6 is 22.6 Å². The molecule has 0 aliphatic carbocycles. The minimum absolute atomic E-state index is 1.13. The third kappa shape index (κ3) is 2.03. The van der Waals surface area contributed by atoms with Gasteiger partial charge in [0.1, 0.15) is 0 Å². The van der Waals surface area contributed by atoms with Crippen LogP contribution in [0.25, 0.3) is 11.1 Å². The van der Waals surface area contributed by atoms with E-state index >= 15 is 0 Å². The van der Waals surface area contributed by atoms with Crippen molar-refractivity contribution in [2.45, 2.75) is 0 Å². The Labute approximate surface area is 90.2 Å². The normalized spacial score (nSPS) is 9.92. The largest absolute Gasteiger partial charge is 0.265 e. The van der Waals surface area contributed by atoms with Gasteiger partial charge in [0.2, 0.25) is 0 Å². The van der Waals surface area contributed by atoms with Crippen molar-refractivity contribution in [2.75, 3.05) is 0 Å². The van der Waals surface area contributed by atoms with Crippen molar-refractivity contribution < 1.29 is 0 Å². The Kier molecular flexibility index (Phi) is 2.54. The summed E-state index contributed by atoms with van der Waals surface area (Å²) in [6, 6.07) is 6.06. The Hall–Kier alpha value is -0.970. The summed E-state index contributed by atoms with van der Waals surface area (Å²) in [4.78, 5) is 8.10. The molecule has 0 amide bonds. The fraction of sp³-hybridized carbons (Fsp3) is 0. The average Bonchev–Trinajstić information content (AvgIpc) is 2.19. The summed E-state index contributed by atoms with van der Waals surface area (Å²) in [5.41, 5.74) is 2.29. The number of aromatic nitrogens is 2. The van der Waals surface area contributed by atoms with Gasteiger partial charge in [-0.1, -0.05) is 0 Å². The number of nitrogens with zero attached hydrogens (tertiary/aromatic N) is 2. The predicted octanol–water partition coefficient (Wildman–Crippen LogP) is 2.75. The van der Waals surface area contributed by atoms with Crippen LogP contribution in [-0.2, 0) is 0 Å². The molecule has 0 unspecified atom stereocenters. The highest BCUT2D eigenvalue weighted by atomic mass is 127. The lowest BCUT2D eigenvalue weighted by Crippen LogP contribution is -1.81. The maximum absolute atomic E-state index is 4.13. The quantitative estimate of drug-likeness (QED) is 0.752. The molecule has 0 aromatic carbocycles. The maximum atomic E-state index is 4.13. The van der Waals surface area contributed by atoms with Crippen LogP contribution in [-0.4, -0.2) is 9.97 Å². The lowest BCUT2D eigenvalue weighted by molar-refractivity contribution is 1.29. The monoisotopic (exact) mass is 282 g/mol. The molecule has 0 fully saturated rings. The van der Waals surface area contributed by atoms with E-state index in [1.807, 2.05) is 24.5 Å². The van der Waals surface area contributed by atoms with Crippen molar-refractivity contribution in [3.8, 4) is 11.1 Å². The van der Waals surface area contributed by atoms with Crippen LogP contribution in [0.4, 0.5) is 0 Å². The van der Waals surface area contributed by atoms with Gasteiger partial charge in [0.15, 0.2) is 0 Å². The van der Waals surface area contributed by atoms with Crippen molar-refractivity contribution in [1.82, 2.24) is 9.97 Å². The molecule has 0 aliphatic heterocycles. The summed E-state index contributed by atoms with van der Waals surface area (Å²) in [5, 5.41) is 0. The number of rotatable bonds is 1. The van der Waals surface area contributed by atoms with E-state index in [0.29, 0.717) is 0 Å². The Morgan fingerprint density at radius 2 is 1.69 bits per heavy atom. The van der Waals surface area contributed by atoms with Gasteiger partial charge in [-0.15, -0.1) is 0 Å². The summed E-state index contributed by atoms with van der Waals surface area (Å²) in [6.45, 7) is 0. The molecule has 0 radical (unpaired) electrons. The summed E-state index contributed by atoms with van der Waals surface area (Å²) >= 11 is 2.25. The van der Waals surface area contributed by atoms with Crippen LogP contribution in [0.5, 0.6) is 0 Å². The molecule has 64 valence electrons. The van der Waals surface area contributed by atoms with E-state index in [1.165, 1.54) is 0 Å². The van der Waals surface area contributed by atoms with Crippen LogP contribution < -0.4 is 0 Å². The summed E-state index contributed by atoms with van der Waals surface area (Å²) in [7, 11) is 0. The Morgan fingerprint density at radius 1 is 0.923 bits per heavy atom. The molecule has 0 bridgehead atoms. The predicted molar refractivity (Wildman–Crippen MR) is 60.2 cm³/mol. The highest BCUT2D eigenvalue weighted by Crippen LogP contribution is 2.18. The molecule has 13 heavy (non-hydrogen) atoms. The van der Waals surface area contributed by atoms with Crippen LogP contribution in [0.3, 0.4) is 0 Å². The fourth-order valence-corrected chi connectivity index (χ4v) is 1.61. The SMILES string of the molecule is Ic1cncc(-c2ccncc2)c1. The molecule has 0 spiro atoms. The second-order valence-corrected chi connectivity index (χ2v) is 3.87. The molecule has 0 atom stereocenters. The van der Waals surface area contributed by atoms with E-state index in [0.717, 1.165) is 14.7 Å². The van der Waals surface area contributed by atoms with E-state index < -0.39 is 0 Å². The van der Waals surface area contributed by atoms with Gasteiger partial charge in [0, 0.05) is 33.9 Å². The van der Waals surface area contributed by atoms with E-state index in [9.17, 15) is 0 Å². The summed E-state index contributed by atoms with van der Waals surface area (Å²) in [6.07, 6.45) is 7.27. The lowest BCUT2D eigenvalue weighted by atomic mass is 10.1. The Balaban J connectivity index is 2.48. The molecule has 2 nitrogen and oxygen atoms in total. The molecule has 0 saturated carbocycles. The van der Waals surface area contributed by atoms with Gasteiger partial charge >= 0.3 is 0 Å². The molecule has 2 heterocycles. The van der Waals surface area contributed by atoms with E-state index in [4.69, 9.17) is 0 Å². The van der Waals surface area contributed by atoms with E-state index in [2.05, 4.69) is 38.6 Å². The van der Waals surface area contributed by atoms with Gasteiger partial charge in [-0.05, 0) is 46.4 Å². The maximum Gasteiger partial charge on any atom is 0.0401 e. The first-order valence-corrected chi connectivity index (χ1v) is 4.95. The highest BCUT2D eigenvalue weighted by molar-refractivity contribution is 14.1. The molecule has 2 aromatic rings. The van der Waals surface area contributed by atoms with Gasteiger partial charge < -0.3 is 0 Å². The van der Waals surface area contributed by atoms with E-state index in [-0.39, 0.29) is 0 Å². The van der Waals surface area contributed by atoms with Crippen molar-refractivity contribution in [1.29, 1.82) is 0 Å². The Morgan fingerprint density at radius 3 is 2.38 bits per heavy atom. The van der Waals surface area contributed by atoms with Gasteiger partial charge in [-0.2, -0.15) is 0 Å². The topological polar surface area (TPSA) is 25.8 Å². The van der Waals surface area contributed by atoms with Crippen molar-refractivity contribution in [3.05, 3.63) is 46.6 Å². The zero-order valence-electron chi connectivity index (χ0n) is 6.81. The smallest absolute Gasteiger partial charge is 0.0401 e. The van der Waals surface area contributed by atoms with Crippen molar-refractivity contribution >= 4 is 22.6 Å². The molecule has 0 saturated heterocycles. The molecule has 2 rings (SSSR count). The van der Waals surface area contributed by atoms with Crippen LogP contribution in [0, 0.1) is 3.57 Å². The molecule has 0 N–H and O–H groups in total. The Bertz CT molecular complexity index is 401. The minimum Gasteiger partial charge on any atom is -0.265 e. The summed E-state index contributed by atoms with van der Waals surface area (Å²) in [5.74, 6) is 0. The molecule has 3 heteroatoms. The molecule has 0 aliphatic rings. The average molecular weight is 282 g/mol. The van der Waals surface area contributed by atoms with Gasteiger partial charge in [-0.25, -0.2) is 0 Å². The standard InChI is InChI=1S/C10H7IN2/c11-10-5-9(6-13-7-10)8-1-3-12-4-2-8/h1-7H. The van der Waals surface area contributed by atoms with Crippen molar-refractivity contribution in [3.63, 3.8) is 0 Å². The molecular formula is C10H7IN2. The third-order valence-electron chi connectivity index (χ3n) is 1.72. The number of hydrogen-bond donors (Lipinski definition) is 0. The van der Waals surface area contributed by atoms with Crippen molar-refractivity contribution in [2.24, 2.45) is 0 Å². The number of hydrogen-bond acceptors (Lipinski definition) is 2. The first-order chi connectivity index (χ1) is 6.36. The fourth-order valence-electron chi connectivity index (χ4n) is 1.11. The summed E-state index contributed by atoms with van der Waals surface area (Å²) < 4.78 is 1.15. The zero-order valence-corrected chi connectivity index (χ0v) is 8.97. The zero-order chi connectivity index (χ0) is 9.10. The lowest BCUT2D eigenvalue weighted by Gasteiger charge is -1.99. The second kappa shape index (κ2) is 3.83. The van der Waals surface area contributed by atoms with E-state index in [1.54, 1.807) is 12.4 Å². The number of pyridine rings is 2. The van der Waals surface area contributed by atoms with Gasteiger partial charge in [-0.3, -0.25) is 9.97 Å². The number of halogens is 1. The van der Waals surface area contributed by atoms with Crippen LogP contribution in [0.1, 0.15) is 0 Å².